The van der Waals surface area contributed by atoms with Crippen molar-refractivity contribution in [2.75, 3.05) is 0 Å². The van der Waals surface area contributed by atoms with E-state index in [-0.39, 0.29) is 4.88 Å². The lowest BCUT2D eigenvalue weighted by Gasteiger charge is -1.99. The van der Waals surface area contributed by atoms with Gasteiger partial charge in [-0.1, -0.05) is 34.1 Å². The van der Waals surface area contributed by atoms with Gasteiger partial charge in [0.05, 0.1) is 4.88 Å². The van der Waals surface area contributed by atoms with E-state index in [1.165, 1.54) is 6.07 Å². The predicted molar refractivity (Wildman–Crippen MR) is 62.4 cm³/mol. The monoisotopic (exact) mass is 288 g/mol. The van der Waals surface area contributed by atoms with Crippen LogP contribution in [0, 0.1) is 0 Å². The fourth-order valence-corrected chi connectivity index (χ4v) is 2.81. The fraction of sp³-hybridized carbons (Fsp3) is 0.0909. The quantitative estimate of drug-likeness (QED) is 0.720. The number of alkyl halides is 2. The molecule has 0 radical (unpaired) electrons. The normalized spacial score (nSPS) is 10.9. The first kappa shape index (κ1) is 10.8. The van der Waals surface area contributed by atoms with E-state index >= 15 is 0 Å². The molecule has 78 valence electrons. The van der Waals surface area contributed by atoms with E-state index in [0.717, 1.165) is 26.3 Å². The number of thiophene rings is 1. The molecule has 0 aliphatic heterocycles. The molecule has 0 nitrogen and oxygen atoms in total. The molecule has 4 heteroatoms. The zero-order valence-electron chi connectivity index (χ0n) is 7.58. The summed E-state index contributed by atoms with van der Waals surface area (Å²) in [6.07, 6.45) is -2.38. The van der Waals surface area contributed by atoms with Gasteiger partial charge in [0, 0.05) is 14.9 Å². The van der Waals surface area contributed by atoms with Crippen LogP contribution in [0.25, 0.3) is 10.4 Å². The Balaban J connectivity index is 2.42. The van der Waals surface area contributed by atoms with Crippen molar-refractivity contribution < 1.29 is 8.78 Å². The van der Waals surface area contributed by atoms with Crippen LogP contribution in [-0.2, 0) is 0 Å². The average molecular weight is 289 g/mol. The summed E-state index contributed by atoms with van der Waals surface area (Å²) in [5.74, 6) is 0. The minimum Gasteiger partial charge on any atom is -0.204 e. The van der Waals surface area contributed by atoms with Crippen molar-refractivity contribution in [1.29, 1.82) is 0 Å². The third-order valence-corrected chi connectivity index (χ3v) is 3.80. The Morgan fingerprint density at radius 3 is 2.40 bits per heavy atom. The van der Waals surface area contributed by atoms with E-state index in [2.05, 4.69) is 15.9 Å². The molecular weight excluding hydrogens is 282 g/mol. The molecule has 0 fully saturated rings. The minimum absolute atomic E-state index is 0.112. The maximum Gasteiger partial charge on any atom is 0.272 e. The smallest absolute Gasteiger partial charge is 0.204 e. The zero-order chi connectivity index (χ0) is 10.8. The number of halogens is 3. The Bertz CT molecular complexity index is 465. The second kappa shape index (κ2) is 4.41. The van der Waals surface area contributed by atoms with Crippen molar-refractivity contribution in [3.8, 4) is 10.4 Å². The molecule has 0 spiro atoms. The van der Waals surface area contributed by atoms with Crippen LogP contribution in [0.15, 0.2) is 40.9 Å². The van der Waals surface area contributed by atoms with Gasteiger partial charge in [-0.3, -0.25) is 0 Å². The maximum absolute atomic E-state index is 12.4. The first-order valence-corrected chi connectivity index (χ1v) is 5.92. The van der Waals surface area contributed by atoms with Gasteiger partial charge in [-0.2, -0.15) is 0 Å². The van der Waals surface area contributed by atoms with Gasteiger partial charge in [-0.25, -0.2) is 8.78 Å². The standard InChI is InChI=1S/C11H7BrF2S/c12-8-4-2-1-3-7(8)9-5-6-10(15-9)11(13)14/h1-6,11H. The minimum atomic E-state index is -2.38. The van der Waals surface area contributed by atoms with Gasteiger partial charge in [-0.15, -0.1) is 11.3 Å². The summed E-state index contributed by atoms with van der Waals surface area (Å²) in [4.78, 5) is 0.971. The lowest BCUT2D eigenvalue weighted by Crippen LogP contribution is -1.74. The van der Waals surface area contributed by atoms with Crippen molar-refractivity contribution in [1.82, 2.24) is 0 Å². The fourth-order valence-electron chi connectivity index (χ4n) is 1.28. The highest BCUT2D eigenvalue weighted by molar-refractivity contribution is 9.10. The molecule has 0 saturated carbocycles. The van der Waals surface area contributed by atoms with Gasteiger partial charge in [-0.05, 0) is 18.2 Å². The van der Waals surface area contributed by atoms with E-state index in [9.17, 15) is 8.78 Å². The highest BCUT2D eigenvalue weighted by atomic mass is 79.9. The Morgan fingerprint density at radius 1 is 1.07 bits per heavy atom. The van der Waals surface area contributed by atoms with Crippen LogP contribution in [0.1, 0.15) is 11.3 Å². The third kappa shape index (κ3) is 2.26. The summed E-state index contributed by atoms with van der Waals surface area (Å²) < 4.78 is 25.7. The lowest BCUT2D eigenvalue weighted by atomic mass is 10.2. The largest absolute Gasteiger partial charge is 0.272 e. The highest BCUT2D eigenvalue weighted by Crippen LogP contribution is 2.36. The van der Waals surface area contributed by atoms with Crippen LogP contribution in [0.3, 0.4) is 0 Å². The molecule has 0 bridgehead atoms. The third-order valence-electron chi connectivity index (χ3n) is 1.98. The molecule has 1 heterocycles. The van der Waals surface area contributed by atoms with Crippen molar-refractivity contribution in [3.05, 3.63) is 45.7 Å². The summed E-state index contributed by atoms with van der Waals surface area (Å²) >= 11 is 4.53. The van der Waals surface area contributed by atoms with Crippen LogP contribution < -0.4 is 0 Å². The van der Waals surface area contributed by atoms with Crippen molar-refractivity contribution in [3.63, 3.8) is 0 Å². The van der Waals surface area contributed by atoms with Crippen molar-refractivity contribution >= 4 is 27.3 Å². The number of rotatable bonds is 2. The molecule has 0 aliphatic rings. The molecule has 1 aromatic carbocycles. The van der Waals surface area contributed by atoms with Crippen LogP contribution in [0.2, 0.25) is 0 Å². The second-order valence-corrected chi connectivity index (χ2v) is 4.95. The maximum atomic E-state index is 12.4. The molecule has 0 N–H and O–H groups in total. The molecule has 2 aromatic rings. The lowest BCUT2D eigenvalue weighted by molar-refractivity contribution is 0.155. The number of benzene rings is 1. The van der Waals surface area contributed by atoms with Crippen LogP contribution in [-0.4, -0.2) is 0 Å². The highest BCUT2D eigenvalue weighted by Gasteiger charge is 2.12. The summed E-state index contributed by atoms with van der Waals surface area (Å²) in [6.45, 7) is 0. The van der Waals surface area contributed by atoms with Gasteiger partial charge < -0.3 is 0 Å². The van der Waals surface area contributed by atoms with Gasteiger partial charge in [0.1, 0.15) is 0 Å². The van der Waals surface area contributed by atoms with Gasteiger partial charge in [0.25, 0.3) is 6.43 Å². The SMILES string of the molecule is FC(F)c1ccc(-c2ccccc2Br)s1. The van der Waals surface area contributed by atoms with E-state index in [0.29, 0.717) is 0 Å². The van der Waals surface area contributed by atoms with Gasteiger partial charge in [0.15, 0.2) is 0 Å². The van der Waals surface area contributed by atoms with Gasteiger partial charge in [0.2, 0.25) is 0 Å². The molecule has 0 atom stereocenters. The van der Waals surface area contributed by atoms with Crippen molar-refractivity contribution in [2.45, 2.75) is 6.43 Å². The molecule has 0 aliphatic carbocycles. The Hall–Kier alpha value is -0.740. The van der Waals surface area contributed by atoms with Crippen LogP contribution >= 0.6 is 27.3 Å². The van der Waals surface area contributed by atoms with E-state index in [1.54, 1.807) is 6.07 Å². The predicted octanol–water partition coefficient (Wildman–Crippen LogP) is 5.12. The summed E-state index contributed by atoms with van der Waals surface area (Å²) in [7, 11) is 0. The van der Waals surface area contributed by atoms with E-state index in [1.807, 2.05) is 24.3 Å². The molecule has 2 rings (SSSR count). The van der Waals surface area contributed by atoms with E-state index in [4.69, 9.17) is 0 Å². The molecule has 1 aromatic heterocycles. The molecule has 15 heavy (non-hydrogen) atoms. The average Bonchev–Trinajstić information content (AvgIpc) is 2.67. The Morgan fingerprint density at radius 2 is 1.80 bits per heavy atom. The molecular formula is C11H7BrF2S. The van der Waals surface area contributed by atoms with Gasteiger partial charge >= 0.3 is 0 Å². The first-order valence-electron chi connectivity index (χ1n) is 4.31. The summed E-state index contributed by atoms with van der Waals surface area (Å²) in [5, 5.41) is 0. The molecule has 0 saturated heterocycles. The first-order chi connectivity index (χ1) is 7.18. The van der Waals surface area contributed by atoms with E-state index < -0.39 is 6.43 Å². The zero-order valence-corrected chi connectivity index (χ0v) is 9.99. The number of hydrogen-bond donors (Lipinski definition) is 0. The van der Waals surface area contributed by atoms with Crippen molar-refractivity contribution in [2.24, 2.45) is 0 Å². The summed E-state index contributed by atoms with van der Waals surface area (Å²) in [5.41, 5.74) is 0.953. The Labute approximate surface area is 98.7 Å². The Kier molecular flexibility index (Phi) is 3.17. The molecule has 0 amide bonds. The topological polar surface area (TPSA) is 0 Å². The van der Waals surface area contributed by atoms with Crippen LogP contribution in [0.4, 0.5) is 8.78 Å². The summed E-state index contributed by atoms with van der Waals surface area (Å²) in [6, 6.07) is 10.8. The molecule has 0 unspecified atom stereocenters. The number of hydrogen-bond acceptors (Lipinski definition) is 1. The van der Waals surface area contributed by atoms with Crippen LogP contribution in [0.5, 0.6) is 0 Å². The second-order valence-electron chi connectivity index (χ2n) is 2.98.